The SMILES string of the molecule is O=C(NCC(=O)N1C[C@H](F)[C@H]2OCC(=O)[C@H]21)c1ccc(-c2csc(N3CCC(F)(F)CC3)n2)cc1. The third-order valence-corrected chi connectivity index (χ3v) is 7.44. The van der Waals surface area contributed by atoms with Crippen LogP contribution in [-0.2, 0) is 14.3 Å². The number of thiazole rings is 1. The van der Waals surface area contributed by atoms with Crippen molar-refractivity contribution in [2.45, 2.75) is 37.1 Å². The van der Waals surface area contributed by atoms with Crippen molar-refractivity contribution in [2.75, 3.05) is 37.7 Å². The van der Waals surface area contributed by atoms with Gasteiger partial charge in [0.25, 0.3) is 11.8 Å². The normalized spacial score (nSPS) is 25.6. The monoisotopic (exact) mass is 508 g/mol. The third-order valence-electron chi connectivity index (χ3n) is 6.54. The zero-order chi connectivity index (χ0) is 24.7. The van der Waals surface area contributed by atoms with Crippen LogP contribution in [0.15, 0.2) is 29.6 Å². The number of rotatable bonds is 5. The molecule has 3 fully saturated rings. The van der Waals surface area contributed by atoms with Gasteiger partial charge in [-0.25, -0.2) is 18.2 Å². The molecule has 3 aliphatic heterocycles. The highest BCUT2D eigenvalue weighted by Crippen LogP contribution is 2.34. The van der Waals surface area contributed by atoms with Crippen LogP contribution in [0, 0.1) is 0 Å². The zero-order valence-corrected chi connectivity index (χ0v) is 19.4. The van der Waals surface area contributed by atoms with Crippen LogP contribution in [-0.4, -0.2) is 84.5 Å². The first-order valence-electron chi connectivity index (χ1n) is 11.3. The summed E-state index contributed by atoms with van der Waals surface area (Å²) in [6.07, 6.45) is -2.74. The number of carbonyl (C=O) groups is 3. The van der Waals surface area contributed by atoms with Gasteiger partial charge in [-0.3, -0.25) is 14.4 Å². The molecule has 0 spiro atoms. The molecule has 5 rings (SSSR count). The summed E-state index contributed by atoms with van der Waals surface area (Å²) in [6.45, 7) is -0.311. The first kappa shape index (κ1) is 23.7. The molecular formula is C23H23F3N4O4S. The molecule has 0 radical (unpaired) electrons. The van der Waals surface area contributed by atoms with Gasteiger partial charge in [0.05, 0.1) is 18.8 Å². The van der Waals surface area contributed by atoms with Crippen molar-refractivity contribution in [2.24, 2.45) is 0 Å². The molecule has 186 valence electrons. The maximum atomic E-state index is 14.0. The van der Waals surface area contributed by atoms with E-state index in [1.807, 2.05) is 10.3 Å². The molecule has 35 heavy (non-hydrogen) atoms. The first-order valence-corrected chi connectivity index (χ1v) is 12.1. The number of likely N-dealkylation sites (tertiary alicyclic amines) is 1. The Morgan fingerprint density at radius 2 is 1.91 bits per heavy atom. The highest BCUT2D eigenvalue weighted by Gasteiger charge is 2.52. The van der Waals surface area contributed by atoms with Crippen LogP contribution in [0.3, 0.4) is 0 Å². The fourth-order valence-electron chi connectivity index (χ4n) is 4.57. The fourth-order valence-corrected chi connectivity index (χ4v) is 5.46. The van der Waals surface area contributed by atoms with Crippen LogP contribution in [0.4, 0.5) is 18.3 Å². The number of ketones is 1. The molecule has 0 bridgehead atoms. The molecule has 1 aromatic heterocycles. The van der Waals surface area contributed by atoms with Gasteiger partial charge in [-0.2, -0.15) is 0 Å². The molecule has 0 unspecified atom stereocenters. The second-order valence-electron chi connectivity index (χ2n) is 8.87. The van der Waals surface area contributed by atoms with E-state index in [1.165, 1.54) is 11.3 Å². The van der Waals surface area contributed by atoms with E-state index in [4.69, 9.17) is 4.74 Å². The first-order chi connectivity index (χ1) is 16.7. The Morgan fingerprint density at radius 1 is 1.20 bits per heavy atom. The predicted molar refractivity (Wildman–Crippen MR) is 121 cm³/mol. The lowest BCUT2D eigenvalue weighted by Gasteiger charge is -2.31. The minimum Gasteiger partial charge on any atom is -0.365 e. The second-order valence-corrected chi connectivity index (χ2v) is 9.70. The van der Waals surface area contributed by atoms with E-state index in [1.54, 1.807) is 24.3 Å². The number of amides is 2. The van der Waals surface area contributed by atoms with Gasteiger partial charge in [0.1, 0.15) is 24.9 Å². The Bertz CT molecular complexity index is 1130. The Morgan fingerprint density at radius 3 is 2.63 bits per heavy atom. The number of piperidine rings is 1. The molecule has 12 heteroatoms. The van der Waals surface area contributed by atoms with Crippen LogP contribution in [0.5, 0.6) is 0 Å². The molecule has 0 saturated carbocycles. The predicted octanol–water partition coefficient (Wildman–Crippen LogP) is 2.29. The number of ether oxygens (including phenoxy) is 1. The number of fused-ring (bicyclic) bond motifs is 1. The Balaban J connectivity index is 1.17. The molecule has 1 aromatic carbocycles. The van der Waals surface area contributed by atoms with Crippen molar-refractivity contribution in [1.29, 1.82) is 0 Å². The summed E-state index contributed by atoms with van der Waals surface area (Å²) in [5.41, 5.74) is 1.76. The molecule has 0 aliphatic carbocycles. The van der Waals surface area contributed by atoms with E-state index in [-0.39, 0.29) is 51.4 Å². The highest BCUT2D eigenvalue weighted by atomic mass is 32.1. The van der Waals surface area contributed by atoms with Gasteiger partial charge in [-0.15, -0.1) is 11.3 Å². The van der Waals surface area contributed by atoms with E-state index in [2.05, 4.69) is 10.3 Å². The summed E-state index contributed by atoms with van der Waals surface area (Å²) >= 11 is 1.38. The number of nitrogens with zero attached hydrogens (tertiary/aromatic N) is 3. The smallest absolute Gasteiger partial charge is 0.251 e. The largest absolute Gasteiger partial charge is 0.365 e. The van der Waals surface area contributed by atoms with Gasteiger partial charge in [0, 0.05) is 42.4 Å². The quantitative estimate of drug-likeness (QED) is 0.667. The lowest BCUT2D eigenvalue weighted by Crippen LogP contribution is -2.46. The van der Waals surface area contributed by atoms with E-state index in [0.717, 1.165) is 10.5 Å². The number of carbonyl (C=O) groups excluding carboxylic acids is 3. The number of anilines is 1. The molecular weight excluding hydrogens is 485 g/mol. The Labute approximate surface area is 203 Å². The molecule has 4 heterocycles. The maximum Gasteiger partial charge on any atom is 0.251 e. The molecule has 3 saturated heterocycles. The van der Waals surface area contributed by atoms with E-state index < -0.39 is 36.1 Å². The van der Waals surface area contributed by atoms with Crippen molar-refractivity contribution in [3.05, 3.63) is 35.2 Å². The summed E-state index contributed by atoms with van der Waals surface area (Å²) in [7, 11) is 0. The van der Waals surface area contributed by atoms with Crippen molar-refractivity contribution in [3.8, 4) is 11.3 Å². The summed E-state index contributed by atoms with van der Waals surface area (Å²) in [5, 5.41) is 5.03. The van der Waals surface area contributed by atoms with E-state index in [9.17, 15) is 27.6 Å². The zero-order valence-electron chi connectivity index (χ0n) is 18.6. The second kappa shape index (κ2) is 9.23. The number of aromatic nitrogens is 1. The Hall–Kier alpha value is -2.99. The van der Waals surface area contributed by atoms with Crippen LogP contribution < -0.4 is 10.2 Å². The maximum absolute atomic E-state index is 14.0. The van der Waals surface area contributed by atoms with E-state index in [0.29, 0.717) is 16.4 Å². The number of hydrogen-bond acceptors (Lipinski definition) is 7. The third kappa shape index (κ3) is 4.76. The van der Waals surface area contributed by atoms with Gasteiger partial charge >= 0.3 is 0 Å². The van der Waals surface area contributed by atoms with Crippen molar-refractivity contribution < 1.29 is 32.3 Å². The van der Waals surface area contributed by atoms with Crippen molar-refractivity contribution in [1.82, 2.24) is 15.2 Å². The lowest BCUT2D eigenvalue weighted by atomic mass is 10.1. The summed E-state index contributed by atoms with van der Waals surface area (Å²) in [5.74, 6) is -3.99. The number of benzene rings is 1. The molecule has 8 nitrogen and oxygen atoms in total. The summed E-state index contributed by atoms with van der Waals surface area (Å²) < 4.78 is 46.0. The average molecular weight is 509 g/mol. The lowest BCUT2D eigenvalue weighted by molar-refractivity contribution is -0.135. The number of alkyl halides is 3. The van der Waals surface area contributed by atoms with Crippen molar-refractivity contribution in [3.63, 3.8) is 0 Å². The van der Waals surface area contributed by atoms with Gasteiger partial charge in [0.15, 0.2) is 10.9 Å². The average Bonchev–Trinajstić information content (AvgIpc) is 3.56. The molecule has 2 aromatic rings. The van der Waals surface area contributed by atoms with Crippen LogP contribution >= 0.6 is 11.3 Å². The number of nitrogens with one attached hydrogen (secondary N) is 1. The fraction of sp³-hybridized carbons (Fsp3) is 0.478. The number of hydrogen-bond donors (Lipinski definition) is 1. The molecule has 1 N–H and O–H groups in total. The minimum absolute atomic E-state index is 0.189. The van der Waals surface area contributed by atoms with E-state index >= 15 is 0 Å². The summed E-state index contributed by atoms with van der Waals surface area (Å²) in [6, 6.07) is 5.68. The molecule has 3 aliphatic rings. The van der Waals surface area contributed by atoms with Crippen LogP contribution in [0.25, 0.3) is 11.3 Å². The van der Waals surface area contributed by atoms with Gasteiger partial charge in [-0.05, 0) is 12.1 Å². The topological polar surface area (TPSA) is 91.8 Å². The standard InChI is InChI=1S/C23H23F3N4O4S/c24-15-10-30(19-17(31)11-34-20(15)19)18(32)9-27-21(33)14-3-1-13(2-4-14)16-12-35-22(28-16)29-7-5-23(25,26)6-8-29/h1-4,12,15,19-20H,5-11H2,(H,27,33)/t15-,19+,20+/m0/s1. The number of halogens is 3. The van der Waals surface area contributed by atoms with Crippen LogP contribution in [0.1, 0.15) is 23.2 Å². The van der Waals surface area contributed by atoms with Crippen LogP contribution in [0.2, 0.25) is 0 Å². The Kier molecular flexibility index (Phi) is 6.26. The van der Waals surface area contributed by atoms with Gasteiger partial charge < -0.3 is 19.9 Å². The minimum atomic E-state index is -2.62. The highest BCUT2D eigenvalue weighted by molar-refractivity contribution is 7.14. The number of Topliss-reactive ketones (excluding diaryl/α,β-unsaturated/α-hetero) is 1. The van der Waals surface area contributed by atoms with Gasteiger partial charge in [-0.1, -0.05) is 12.1 Å². The van der Waals surface area contributed by atoms with Crippen molar-refractivity contribution >= 4 is 34.1 Å². The molecule has 2 amide bonds. The summed E-state index contributed by atoms with van der Waals surface area (Å²) in [4.78, 5) is 44.5. The van der Waals surface area contributed by atoms with Gasteiger partial charge in [0.2, 0.25) is 5.91 Å². The molecule has 3 atom stereocenters.